The molecule has 7 heteroatoms. The van der Waals surface area contributed by atoms with Crippen molar-refractivity contribution in [2.45, 2.75) is 12.5 Å². The van der Waals surface area contributed by atoms with Gasteiger partial charge in [-0.2, -0.15) is 5.10 Å². The maximum atomic E-state index is 12.8. The second-order valence-electron chi connectivity index (χ2n) is 6.15. The van der Waals surface area contributed by atoms with Gasteiger partial charge in [-0.1, -0.05) is 29.5 Å². The van der Waals surface area contributed by atoms with E-state index in [0.717, 1.165) is 29.4 Å². The Bertz CT molecular complexity index is 917. The predicted molar refractivity (Wildman–Crippen MR) is 97.0 cm³/mol. The summed E-state index contributed by atoms with van der Waals surface area (Å²) >= 11 is 1.38. The molecule has 0 unspecified atom stereocenters. The molecule has 0 radical (unpaired) electrons. The fourth-order valence-corrected chi connectivity index (χ4v) is 3.96. The first-order valence-corrected chi connectivity index (χ1v) is 8.95. The van der Waals surface area contributed by atoms with Crippen LogP contribution in [0.1, 0.15) is 21.7 Å². The third-order valence-corrected chi connectivity index (χ3v) is 5.45. The zero-order valence-corrected chi connectivity index (χ0v) is 14.6. The molecule has 1 fully saturated rings. The van der Waals surface area contributed by atoms with Gasteiger partial charge in [-0.15, -0.1) is 0 Å². The molecule has 0 bridgehead atoms. The predicted octanol–water partition coefficient (Wildman–Crippen LogP) is 2.35. The number of aryl methyl sites for hydroxylation is 1. The summed E-state index contributed by atoms with van der Waals surface area (Å²) in [5.74, 6) is -0.0347. The molecule has 1 aromatic carbocycles. The molecule has 1 aliphatic rings. The average molecular weight is 354 g/mol. The first kappa shape index (κ1) is 16.0. The summed E-state index contributed by atoms with van der Waals surface area (Å²) in [7, 11) is 1.88. The molecular formula is C18H18N4O2S. The molecule has 1 atom stereocenters. The van der Waals surface area contributed by atoms with E-state index < -0.39 is 0 Å². The standard InChI is InChI=1S/C18H18N4O2S/c1-21-15(5-7-20-21)12-3-2-4-13(9-12)17(24)16-10-19-18(25-16)22-8-6-14(23)11-22/h2-5,7,9-10,14,23H,6,8,11H2,1H3/t14-/m1/s1. The maximum absolute atomic E-state index is 12.8. The van der Waals surface area contributed by atoms with Gasteiger partial charge in [0.05, 0.1) is 22.9 Å². The Morgan fingerprint density at radius 1 is 1.36 bits per heavy atom. The smallest absolute Gasteiger partial charge is 0.204 e. The highest BCUT2D eigenvalue weighted by atomic mass is 32.1. The molecule has 3 heterocycles. The van der Waals surface area contributed by atoms with Crippen LogP contribution in [0.2, 0.25) is 0 Å². The van der Waals surface area contributed by atoms with Crippen LogP contribution in [0.5, 0.6) is 0 Å². The van der Waals surface area contributed by atoms with Crippen LogP contribution >= 0.6 is 11.3 Å². The normalized spacial score (nSPS) is 17.2. The van der Waals surface area contributed by atoms with E-state index in [9.17, 15) is 9.90 Å². The number of carbonyl (C=O) groups is 1. The monoisotopic (exact) mass is 354 g/mol. The van der Waals surface area contributed by atoms with Gasteiger partial charge in [-0.3, -0.25) is 9.48 Å². The number of anilines is 1. The summed E-state index contributed by atoms with van der Waals surface area (Å²) in [4.78, 5) is 19.8. The maximum Gasteiger partial charge on any atom is 0.204 e. The minimum atomic E-state index is -0.307. The van der Waals surface area contributed by atoms with Crippen molar-refractivity contribution >= 4 is 22.3 Å². The lowest BCUT2D eigenvalue weighted by Crippen LogP contribution is -2.20. The van der Waals surface area contributed by atoms with Gasteiger partial charge in [0.2, 0.25) is 5.78 Å². The molecule has 0 spiro atoms. The van der Waals surface area contributed by atoms with E-state index in [0.29, 0.717) is 17.0 Å². The Labute approximate surface area is 149 Å². The van der Waals surface area contributed by atoms with Crippen LogP contribution in [-0.4, -0.2) is 44.8 Å². The van der Waals surface area contributed by atoms with Crippen molar-refractivity contribution in [2.75, 3.05) is 18.0 Å². The van der Waals surface area contributed by atoms with Gasteiger partial charge in [0.1, 0.15) is 0 Å². The van der Waals surface area contributed by atoms with E-state index in [2.05, 4.69) is 10.1 Å². The second-order valence-corrected chi connectivity index (χ2v) is 7.15. The zero-order valence-electron chi connectivity index (χ0n) is 13.8. The highest BCUT2D eigenvalue weighted by Gasteiger charge is 2.24. The summed E-state index contributed by atoms with van der Waals surface area (Å²) in [6.07, 6.45) is 3.81. The second kappa shape index (κ2) is 6.42. The van der Waals surface area contributed by atoms with Crippen molar-refractivity contribution in [2.24, 2.45) is 7.05 Å². The highest BCUT2D eigenvalue weighted by Crippen LogP contribution is 2.28. The Kier molecular flexibility index (Phi) is 4.10. The number of aromatic nitrogens is 3. The van der Waals surface area contributed by atoms with Crippen molar-refractivity contribution in [1.82, 2.24) is 14.8 Å². The number of benzene rings is 1. The number of rotatable bonds is 4. The lowest BCUT2D eigenvalue weighted by molar-refractivity contribution is 0.104. The molecule has 0 aliphatic carbocycles. The third kappa shape index (κ3) is 3.08. The molecule has 0 amide bonds. The Morgan fingerprint density at radius 2 is 2.24 bits per heavy atom. The van der Waals surface area contributed by atoms with Gasteiger partial charge in [0.25, 0.3) is 0 Å². The molecule has 3 aromatic rings. The van der Waals surface area contributed by atoms with Gasteiger partial charge >= 0.3 is 0 Å². The number of thiazole rings is 1. The molecular weight excluding hydrogens is 336 g/mol. The van der Waals surface area contributed by atoms with Crippen LogP contribution < -0.4 is 4.90 Å². The minimum absolute atomic E-state index is 0.0347. The van der Waals surface area contributed by atoms with E-state index >= 15 is 0 Å². The number of carbonyl (C=O) groups excluding carboxylic acids is 1. The van der Waals surface area contributed by atoms with Crippen molar-refractivity contribution in [1.29, 1.82) is 0 Å². The molecule has 4 rings (SSSR count). The van der Waals surface area contributed by atoms with Crippen LogP contribution in [0.4, 0.5) is 5.13 Å². The van der Waals surface area contributed by atoms with Crippen molar-refractivity contribution in [3.63, 3.8) is 0 Å². The minimum Gasteiger partial charge on any atom is -0.391 e. The van der Waals surface area contributed by atoms with Crippen LogP contribution in [0.25, 0.3) is 11.3 Å². The molecule has 1 aliphatic heterocycles. The molecule has 0 saturated carbocycles. The summed E-state index contributed by atoms with van der Waals surface area (Å²) in [5, 5.41) is 14.6. The van der Waals surface area contributed by atoms with Gasteiger partial charge in [-0.25, -0.2) is 4.98 Å². The molecule has 1 N–H and O–H groups in total. The number of aliphatic hydroxyl groups is 1. The Hall–Kier alpha value is -2.51. The fraction of sp³-hybridized carbons (Fsp3) is 0.278. The quantitative estimate of drug-likeness (QED) is 0.728. The average Bonchev–Trinajstić information content (AvgIpc) is 3.34. The fourth-order valence-electron chi connectivity index (χ4n) is 3.05. The van der Waals surface area contributed by atoms with E-state index in [1.165, 1.54) is 11.3 Å². The van der Waals surface area contributed by atoms with E-state index in [1.807, 2.05) is 42.3 Å². The summed E-state index contributed by atoms with van der Waals surface area (Å²) < 4.78 is 1.78. The van der Waals surface area contributed by atoms with Crippen molar-refractivity contribution < 1.29 is 9.90 Å². The van der Waals surface area contributed by atoms with Crippen molar-refractivity contribution in [3.8, 4) is 11.3 Å². The van der Waals surface area contributed by atoms with Gasteiger partial charge < -0.3 is 10.0 Å². The van der Waals surface area contributed by atoms with E-state index in [1.54, 1.807) is 17.1 Å². The number of hydrogen-bond acceptors (Lipinski definition) is 6. The molecule has 128 valence electrons. The van der Waals surface area contributed by atoms with Crippen molar-refractivity contribution in [3.05, 3.63) is 53.2 Å². The van der Waals surface area contributed by atoms with Gasteiger partial charge in [0, 0.05) is 37.5 Å². The van der Waals surface area contributed by atoms with Gasteiger partial charge in [0.15, 0.2) is 5.13 Å². The number of β-amino-alcohol motifs (C(OH)–C–C–N with tert-alkyl or cyclic N) is 1. The molecule has 1 saturated heterocycles. The molecule has 2 aromatic heterocycles. The first-order valence-electron chi connectivity index (χ1n) is 8.14. The first-order chi connectivity index (χ1) is 12.1. The third-order valence-electron chi connectivity index (χ3n) is 4.39. The SMILES string of the molecule is Cn1nccc1-c1cccc(C(=O)c2cnc(N3CC[C@@H](O)C3)s2)c1. The highest BCUT2D eigenvalue weighted by molar-refractivity contribution is 7.17. The molecule has 25 heavy (non-hydrogen) atoms. The van der Waals surface area contributed by atoms with Crippen LogP contribution in [0, 0.1) is 0 Å². The molecule has 6 nitrogen and oxygen atoms in total. The van der Waals surface area contributed by atoms with Crippen LogP contribution in [0.3, 0.4) is 0 Å². The van der Waals surface area contributed by atoms with E-state index in [-0.39, 0.29) is 11.9 Å². The van der Waals surface area contributed by atoms with Crippen LogP contribution in [-0.2, 0) is 7.05 Å². The lowest BCUT2D eigenvalue weighted by atomic mass is 10.0. The number of nitrogens with zero attached hydrogens (tertiary/aromatic N) is 4. The Balaban J connectivity index is 1.59. The van der Waals surface area contributed by atoms with E-state index in [4.69, 9.17) is 0 Å². The number of aliphatic hydroxyl groups excluding tert-OH is 1. The Morgan fingerprint density at radius 3 is 2.96 bits per heavy atom. The van der Waals surface area contributed by atoms with Crippen LogP contribution in [0.15, 0.2) is 42.7 Å². The summed E-state index contributed by atoms with van der Waals surface area (Å²) in [6, 6.07) is 9.48. The number of ketones is 1. The largest absolute Gasteiger partial charge is 0.391 e. The zero-order chi connectivity index (χ0) is 17.4. The lowest BCUT2D eigenvalue weighted by Gasteiger charge is -2.12. The number of hydrogen-bond donors (Lipinski definition) is 1. The van der Waals surface area contributed by atoms with Gasteiger partial charge in [-0.05, 0) is 18.6 Å². The summed E-state index contributed by atoms with van der Waals surface area (Å²) in [6.45, 7) is 1.36. The summed E-state index contributed by atoms with van der Waals surface area (Å²) in [5.41, 5.74) is 2.55. The topological polar surface area (TPSA) is 71.2 Å².